The summed E-state index contributed by atoms with van der Waals surface area (Å²) in [6.45, 7) is 14.8. The molecule has 0 spiro atoms. The van der Waals surface area contributed by atoms with Crippen molar-refractivity contribution in [1.82, 2.24) is 15.5 Å². The van der Waals surface area contributed by atoms with E-state index in [0.29, 0.717) is 12.1 Å². The molecule has 0 saturated carbocycles. The Morgan fingerprint density at radius 3 is 2.20 bits per heavy atom. The van der Waals surface area contributed by atoms with E-state index in [-0.39, 0.29) is 18.4 Å². The van der Waals surface area contributed by atoms with Gasteiger partial charge in [-0.3, -0.25) is 9.59 Å². The first-order valence-corrected chi connectivity index (χ1v) is 12.3. The number of hydrogen-bond acceptors (Lipinski definition) is 5. The van der Waals surface area contributed by atoms with Gasteiger partial charge in [-0.25, -0.2) is 4.79 Å². The number of nitrogens with zero attached hydrogens (tertiary/aromatic N) is 2. The van der Waals surface area contributed by atoms with Gasteiger partial charge >= 0.3 is 6.09 Å². The van der Waals surface area contributed by atoms with Crippen molar-refractivity contribution < 1.29 is 19.1 Å². The molecule has 194 valence electrons. The summed E-state index contributed by atoms with van der Waals surface area (Å²) in [5, 5.41) is 15.2. The number of carbonyl (C=O) groups excluding carboxylic acids is 3. The van der Waals surface area contributed by atoms with Crippen molar-refractivity contribution in [2.45, 2.75) is 92.3 Å². The van der Waals surface area contributed by atoms with Crippen LogP contribution in [0.1, 0.15) is 83.5 Å². The highest BCUT2D eigenvalue weighted by atomic mass is 16.6. The number of hydrogen-bond donors (Lipinski definition) is 2. The van der Waals surface area contributed by atoms with E-state index in [2.05, 4.69) is 17.6 Å². The molecule has 0 aromatic heterocycles. The fraction of sp³-hybridized carbons (Fsp3) is 0.630. The van der Waals surface area contributed by atoms with Crippen LogP contribution in [0, 0.1) is 31.1 Å². The van der Waals surface area contributed by atoms with E-state index in [4.69, 9.17) is 4.74 Å². The fourth-order valence-electron chi connectivity index (χ4n) is 3.87. The van der Waals surface area contributed by atoms with Gasteiger partial charge in [-0.15, -0.1) is 0 Å². The molecule has 3 amide bonds. The normalized spacial score (nSPS) is 12.9. The van der Waals surface area contributed by atoms with Gasteiger partial charge in [0.1, 0.15) is 24.2 Å². The van der Waals surface area contributed by atoms with E-state index in [1.165, 1.54) is 4.90 Å². The molecular formula is C27H42N4O4. The summed E-state index contributed by atoms with van der Waals surface area (Å²) in [6.07, 6.45) is 2.09. The maximum Gasteiger partial charge on any atom is 0.408 e. The Morgan fingerprint density at radius 1 is 1.11 bits per heavy atom. The first-order chi connectivity index (χ1) is 16.3. The molecule has 2 unspecified atom stereocenters. The molecule has 0 heterocycles. The van der Waals surface area contributed by atoms with Gasteiger partial charge in [0, 0.05) is 6.54 Å². The Morgan fingerprint density at radius 2 is 1.71 bits per heavy atom. The van der Waals surface area contributed by atoms with Crippen LogP contribution in [0.5, 0.6) is 0 Å². The minimum atomic E-state index is -1.01. The second kappa shape index (κ2) is 13.7. The zero-order chi connectivity index (χ0) is 26.8. The van der Waals surface area contributed by atoms with Crippen LogP contribution in [0.4, 0.5) is 4.79 Å². The van der Waals surface area contributed by atoms with Crippen molar-refractivity contribution >= 4 is 17.9 Å². The Labute approximate surface area is 210 Å². The fourth-order valence-corrected chi connectivity index (χ4v) is 3.87. The number of aryl methyl sites for hydroxylation is 2. The highest BCUT2D eigenvalue weighted by Gasteiger charge is 2.38. The molecule has 1 aromatic carbocycles. The third kappa shape index (κ3) is 9.23. The minimum Gasteiger partial charge on any atom is -0.444 e. The Hall–Kier alpha value is -3.08. The molecule has 0 aliphatic rings. The van der Waals surface area contributed by atoms with E-state index < -0.39 is 29.7 Å². The van der Waals surface area contributed by atoms with Crippen LogP contribution < -0.4 is 10.6 Å². The van der Waals surface area contributed by atoms with Crippen LogP contribution in [-0.4, -0.2) is 47.5 Å². The number of nitrogens with one attached hydrogen (secondary N) is 2. The number of alkyl carbamates (subject to hydrolysis) is 1. The third-order valence-corrected chi connectivity index (χ3v) is 5.58. The van der Waals surface area contributed by atoms with Gasteiger partial charge in [-0.05, 0) is 63.6 Å². The van der Waals surface area contributed by atoms with Crippen molar-refractivity contribution in [3.63, 3.8) is 0 Å². The van der Waals surface area contributed by atoms with Crippen LogP contribution in [-0.2, 0) is 14.3 Å². The van der Waals surface area contributed by atoms with Crippen molar-refractivity contribution in [2.75, 3.05) is 13.1 Å². The zero-order valence-corrected chi connectivity index (χ0v) is 22.5. The van der Waals surface area contributed by atoms with Gasteiger partial charge in [0.2, 0.25) is 11.8 Å². The summed E-state index contributed by atoms with van der Waals surface area (Å²) in [5.41, 5.74) is 1.63. The molecule has 0 radical (unpaired) electrons. The van der Waals surface area contributed by atoms with Gasteiger partial charge in [-0.1, -0.05) is 51.8 Å². The van der Waals surface area contributed by atoms with Gasteiger partial charge in [-0.2, -0.15) is 5.26 Å². The number of unbranched alkanes of at least 4 members (excludes halogenated alkanes) is 2. The lowest BCUT2D eigenvalue weighted by Crippen LogP contribution is -2.55. The molecule has 2 N–H and O–H groups in total. The highest BCUT2D eigenvalue weighted by molar-refractivity contribution is 5.92. The molecule has 8 heteroatoms. The van der Waals surface area contributed by atoms with Gasteiger partial charge in [0.05, 0.1) is 6.07 Å². The standard InChI is InChI=1S/C27H42N4O4/c1-9-10-11-16-29-24(32)23(21-19(4)13-12-14-20(21)5)31(17-15-28)25(33)22(18(2)3)30-26(34)35-27(6,7)8/h12-14,18,22-23H,9-11,16-17H2,1-8H3,(H,29,32)(H,30,34). The lowest BCUT2D eigenvalue weighted by atomic mass is 9.92. The van der Waals surface area contributed by atoms with E-state index in [1.807, 2.05) is 38.1 Å². The number of carbonyl (C=O) groups is 3. The largest absolute Gasteiger partial charge is 0.444 e. The third-order valence-electron chi connectivity index (χ3n) is 5.58. The second-order valence-electron chi connectivity index (χ2n) is 10.2. The molecule has 0 bridgehead atoms. The first-order valence-electron chi connectivity index (χ1n) is 12.3. The van der Waals surface area contributed by atoms with Gasteiger partial charge in [0.15, 0.2) is 0 Å². The van der Waals surface area contributed by atoms with Gasteiger partial charge in [0.25, 0.3) is 0 Å². The highest BCUT2D eigenvalue weighted by Crippen LogP contribution is 2.29. The molecule has 0 fully saturated rings. The zero-order valence-electron chi connectivity index (χ0n) is 22.5. The van der Waals surface area contributed by atoms with Crippen LogP contribution in [0.25, 0.3) is 0 Å². The number of ether oxygens (including phenoxy) is 1. The predicted molar refractivity (Wildman–Crippen MR) is 137 cm³/mol. The monoisotopic (exact) mass is 486 g/mol. The maximum atomic E-state index is 13.8. The average molecular weight is 487 g/mol. The number of nitriles is 1. The average Bonchev–Trinajstić information content (AvgIpc) is 2.74. The summed E-state index contributed by atoms with van der Waals surface area (Å²) in [7, 11) is 0. The van der Waals surface area contributed by atoms with E-state index >= 15 is 0 Å². The molecule has 2 atom stereocenters. The molecule has 0 aliphatic heterocycles. The van der Waals surface area contributed by atoms with Crippen molar-refractivity contribution in [1.29, 1.82) is 5.26 Å². The molecule has 0 saturated heterocycles. The van der Waals surface area contributed by atoms with Gasteiger partial charge < -0.3 is 20.3 Å². The Kier molecular flexibility index (Phi) is 11.7. The molecular weight excluding hydrogens is 444 g/mol. The van der Waals surface area contributed by atoms with Crippen molar-refractivity contribution in [3.05, 3.63) is 34.9 Å². The first kappa shape index (κ1) is 30.0. The van der Waals surface area contributed by atoms with Crippen LogP contribution in [0.15, 0.2) is 18.2 Å². The quantitative estimate of drug-likeness (QED) is 0.352. The van der Waals surface area contributed by atoms with Crippen LogP contribution in [0.2, 0.25) is 0 Å². The SMILES string of the molecule is CCCCCNC(=O)C(c1c(C)cccc1C)N(CC#N)C(=O)C(NC(=O)OC(C)(C)C)C(C)C. The topological polar surface area (TPSA) is 112 Å². The Bertz CT molecular complexity index is 894. The summed E-state index contributed by atoms with van der Waals surface area (Å²) in [6, 6.07) is 5.71. The number of benzene rings is 1. The summed E-state index contributed by atoms with van der Waals surface area (Å²) < 4.78 is 5.35. The predicted octanol–water partition coefficient (Wildman–Crippen LogP) is 4.55. The van der Waals surface area contributed by atoms with E-state index in [1.54, 1.807) is 34.6 Å². The molecule has 35 heavy (non-hydrogen) atoms. The van der Waals surface area contributed by atoms with Crippen LogP contribution in [0.3, 0.4) is 0 Å². The summed E-state index contributed by atoms with van der Waals surface area (Å²) >= 11 is 0. The van der Waals surface area contributed by atoms with Crippen molar-refractivity contribution in [3.8, 4) is 6.07 Å². The molecule has 8 nitrogen and oxygen atoms in total. The van der Waals surface area contributed by atoms with E-state index in [9.17, 15) is 19.6 Å². The second-order valence-corrected chi connectivity index (χ2v) is 10.2. The minimum absolute atomic E-state index is 0.303. The van der Waals surface area contributed by atoms with E-state index in [0.717, 1.165) is 30.4 Å². The van der Waals surface area contributed by atoms with Crippen molar-refractivity contribution in [2.24, 2.45) is 5.92 Å². The molecule has 0 aliphatic carbocycles. The Balaban J connectivity index is 3.45. The maximum absolute atomic E-state index is 13.8. The number of rotatable bonds is 11. The smallest absolute Gasteiger partial charge is 0.408 e. The molecule has 1 aromatic rings. The lowest BCUT2D eigenvalue weighted by molar-refractivity contribution is -0.142. The molecule has 1 rings (SSSR count). The summed E-state index contributed by atoms with van der Waals surface area (Å²) in [4.78, 5) is 41.1. The summed E-state index contributed by atoms with van der Waals surface area (Å²) in [5.74, 6) is -1.16. The van der Waals surface area contributed by atoms with Crippen LogP contribution >= 0.6 is 0 Å². The number of amides is 3. The lowest BCUT2D eigenvalue weighted by Gasteiger charge is -2.35.